The van der Waals surface area contributed by atoms with Crippen LogP contribution in [0.4, 0.5) is 0 Å². The van der Waals surface area contributed by atoms with Crippen molar-refractivity contribution >= 4 is 40.5 Å². The number of methoxy groups -OCH3 is 1. The first kappa shape index (κ1) is 34.3. The zero-order chi connectivity index (χ0) is 36.1. The molecule has 12 nitrogen and oxygen atoms in total. The normalized spacial score (nSPS) is 18.2. The fraction of sp³-hybridized carbons (Fsp3) is 0.342. The van der Waals surface area contributed by atoms with Crippen molar-refractivity contribution in [3.8, 4) is 39.4 Å². The number of nitrogens with zero attached hydrogens (tertiary/aromatic N) is 5. The van der Waals surface area contributed by atoms with Crippen LogP contribution in [0.15, 0.2) is 65.6 Å². The Morgan fingerprint density at radius 2 is 1.69 bits per heavy atom. The molecule has 6 heterocycles. The SMILES string of the molecule is COc1nc(-c2cccc(-c3cccc(-c4cc5c(=O)n(C)c(CN6CC7(CCC(=O)N7)C6)nn5c4)c3Cl)c2Cl)ccc1CNCC1CCC(=O)N1. The first-order chi connectivity index (χ1) is 25.1. The Kier molecular flexibility index (Phi) is 9.02. The molecular formula is C38H38Cl2N8O4. The topological polar surface area (TPSA) is 135 Å². The molecule has 1 atom stereocenters. The van der Waals surface area contributed by atoms with Crippen LogP contribution >= 0.6 is 23.2 Å². The van der Waals surface area contributed by atoms with E-state index >= 15 is 0 Å². The highest BCUT2D eigenvalue weighted by Gasteiger charge is 2.47. The van der Waals surface area contributed by atoms with Crippen LogP contribution in [-0.4, -0.2) is 74.2 Å². The molecule has 3 saturated heterocycles. The van der Waals surface area contributed by atoms with Gasteiger partial charge < -0.3 is 20.7 Å². The van der Waals surface area contributed by atoms with Crippen molar-refractivity contribution in [2.45, 2.75) is 50.4 Å². The summed E-state index contributed by atoms with van der Waals surface area (Å²) in [5.41, 5.74) is 5.38. The average Bonchev–Trinajstić information content (AvgIpc) is 3.85. The van der Waals surface area contributed by atoms with Crippen LogP contribution in [0, 0.1) is 0 Å². The van der Waals surface area contributed by atoms with Gasteiger partial charge in [-0.05, 0) is 25.0 Å². The molecule has 3 N–H and O–H groups in total. The summed E-state index contributed by atoms with van der Waals surface area (Å²) in [7, 11) is 3.33. The Morgan fingerprint density at radius 1 is 0.962 bits per heavy atom. The number of carbonyl (C=O) groups excluding carboxylic acids is 2. The number of pyridine rings is 1. The molecule has 1 unspecified atom stereocenters. The highest BCUT2D eigenvalue weighted by Crippen LogP contribution is 2.42. The Bertz CT molecular complexity index is 2300. The molecule has 2 aromatic carbocycles. The summed E-state index contributed by atoms with van der Waals surface area (Å²) in [5.74, 6) is 1.32. The fourth-order valence-corrected chi connectivity index (χ4v) is 8.30. The van der Waals surface area contributed by atoms with E-state index in [1.165, 1.54) is 0 Å². The van der Waals surface area contributed by atoms with Crippen LogP contribution < -0.4 is 26.2 Å². The van der Waals surface area contributed by atoms with Crippen molar-refractivity contribution in [2.24, 2.45) is 7.05 Å². The lowest BCUT2D eigenvalue weighted by Gasteiger charge is -2.47. The molecule has 1 spiro atoms. The number of halogens is 2. The molecule has 0 radical (unpaired) electrons. The Morgan fingerprint density at radius 3 is 2.38 bits per heavy atom. The summed E-state index contributed by atoms with van der Waals surface area (Å²) in [6, 6.07) is 17.3. The average molecular weight is 742 g/mol. The van der Waals surface area contributed by atoms with Gasteiger partial charge in [0.15, 0.2) is 0 Å². The van der Waals surface area contributed by atoms with Gasteiger partial charge >= 0.3 is 0 Å². The van der Waals surface area contributed by atoms with E-state index in [1.807, 2.05) is 60.8 Å². The number of likely N-dealkylation sites (tertiary alicyclic amines) is 1. The number of benzene rings is 2. The second-order valence-electron chi connectivity index (χ2n) is 13.9. The molecule has 3 fully saturated rings. The number of hydrogen-bond acceptors (Lipinski definition) is 8. The van der Waals surface area contributed by atoms with E-state index in [9.17, 15) is 14.4 Å². The second kappa shape index (κ2) is 13.7. The lowest BCUT2D eigenvalue weighted by atomic mass is 9.88. The van der Waals surface area contributed by atoms with Gasteiger partial charge in [-0.15, -0.1) is 0 Å². The maximum atomic E-state index is 13.5. The molecule has 2 amide bonds. The van der Waals surface area contributed by atoms with Gasteiger partial charge in [0.2, 0.25) is 17.7 Å². The van der Waals surface area contributed by atoms with E-state index in [1.54, 1.807) is 23.2 Å². The third kappa shape index (κ3) is 6.34. The number of carbonyl (C=O) groups is 2. The minimum atomic E-state index is -0.157. The zero-order valence-electron chi connectivity index (χ0n) is 28.8. The molecule has 14 heteroatoms. The third-order valence-electron chi connectivity index (χ3n) is 10.4. The highest BCUT2D eigenvalue weighted by atomic mass is 35.5. The van der Waals surface area contributed by atoms with Gasteiger partial charge in [-0.3, -0.25) is 23.9 Å². The van der Waals surface area contributed by atoms with E-state index in [4.69, 9.17) is 38.0 Å². The van der Waals surface area contributed by atoms with Crippen molar-refractivity contribution < 1.29 is 14.3 Å². The van der Waals surface area contributed by atoms with Crippen LogP contribution in [0.3, 0.4) is 0 Å². The van der Waals surface area contributed by atoms with Gasteiger partial charge in [0, 0.05) is 91.7 Å². The zero-order valence-corrected chi connectivity index (χ0v) is 30.4. The summed E-state index contributed by atoms with van der Waals surface area (Å²) >= 11 is 14.2. The van der Waals surface area contributed by atoms with Gasteiger partial charge in [-0.1, -0.05) is 65.7 Å². The summed E-state index contributed by atoms with van der Waals surface area (Å²) < 4.78 is 8.87. The van der Waals surface area contributed by atoms with Gasteiger partial charge in [-0.2, -0.15) is 5.10 Å². The molecule has 0 aliphatic carbocycles. The number of nitrogens with one attached hydrogen (secondary N) is 3. The van der Waals surface area contributed by atoms with Gasteiger partial charge in [0.1, 0.15) is 11.3 Å². The van der Waals surface area contributed by atoms with Gasteiger partial charge in [0.05, 0.1) is 34.9 Å². The molecule has 8 rings (SSSR count). The summed E-state index contributed by atoms with van der Waals surface area (Å²) in [6.45, 7) is 3.19. The number of ether oxygens (including phenoxy) is 1. The predicted molar refractivity (Wildman–Crippen MR) is 199 cm³/mol. The molecule has 3 aliphatic heterocycles. The summed E-state index contributed by atoms with van der Waals surface area (Å²) in [6.07, 6.45) is 4.62. The quantitative estimate of drug-likeness (QED) is 0.190. The molecule has 3 aliphatic rings. The monoisotopic (exact) mass is 740 g/mol. The predicted octanol–water partition coefficient (Wildman–Crippen LogP) is 4.58. The van der Waals surface area contributed by atoms with Crippen molar-refractivity contribution in [1.82, 2.24) is 40.0 Å². The number of hydrogen-bond donors (Lipinski definition) is 3. The molecule has 268 valence electrons. The van der Waals surface area contributed by atoms with E-state index in [0.29, 0.717) is 65.4 Å². The van der Waals surface area contributed by atoms with Crippen LogP contribution in [-0.2, 0) is 29.7 Å². The number of fused-ring (bicyclic) bond motifs is 1. The van der Waals surface area contributed by atoms with Crippen molar-refractivity contribution in [2.75, 3.05) is 26.7 Å². The maximum absolute atomic E-state index is 13.5. The first-order valence-corrected chi connectivity index (χ1v) is 18.1. The van der Waals surface area contributed by atoms with Crippen LogP contribution in [0.25, 0.3) is 39.0 Å². The summed E-state index contributed by atoms with van der Waals surface area (Å²) in [5, 5.41) is 15.3. The minimum absolute atomic E-state index is 0.0918. The smallest absolute Gasteiger partial charge is 0.277 e. The van der Waals surface area contributed by atoms with E-state index in [2.05, 4.69) is 20.9 Å². The first-order valence-electron chi connectivity index (χ1n) is 17.4. The molecule has 52 heavy (non-hydrogen) atoms. The lowest BCUT2D eigenvalue weighted by molar-refractivity contribution is -0.121. The highest BCUT2D eigenvalue weighted by molar-refractivity contribution is 6.39. The van der Waals surface area contributed by atoms with E-state index in [0.717, 1.165) is 59.3 Å². The minimum Gasteiger partial charge on any atom is -0.481 e. The number of amides is 2. The summed E-state index contributed by atoms with van der Waals surface area (Å²) in [4.78, 5) is 43.8. The molecule has 0 bridgehead atoms. The van der Waals surface area contributed by atoms with Crippen molar-refractivity contribution in [3.05, 3.63) is 92.6 Å². The van der Waals surface area contributed by atoms with Crippen molar-refractivity contribution in [3.63, 3.8) is 0 Å². The molecule has 5 aromatic rings. The molecular weight excluding hydrogens is 703 g/mol. The largest absolute Gasteiger partial charge is 0.481 e. The molecule has 3 aromatic heterocycles. The van der Waals surface area contributed by atoms with Crippen LogP contribution in [0.2, 0.25) is 10.0 Å². The lowest BCUT2D eigenvalue weighted by Crippen LogP contribution is -2.66. The van der Waals surface area contributed by atoms with Gasteiger partial charge in [-0.25, -0.2) is 9.50 Å². The van der Waals surface area contributed by atoms with Crippen LogP contribution in [0.1, 0.15) is 37.1 Å². The second-order valence-corrected chi connectivity index (χ2v) is 14.7. The number of rotatable bonds is 10. The Hall–Kier alpha value is -4.75. The van der Waals surface area contributed by atoms with E-state index < -0.39 is 0 Å². The fourth-order valence-electron chi connectivity index (χ4n) is 7.64. The molecule has 0 saturated carbocycles. The standard InChI is InChI=1S/C38H38Cl2N8O4/c1-46-31(19-47-20-38(21-47)14-13-33(50)44-38)45-48-18-23(15-30(48)37(46)51)25-5-3-6-26(34(25)39)27-7-4-8-28(35(27)40)29-11-9-22(36(43-29)52-2)16-41-17-24-10-12-32(49)42-24/h3-9,11,15,18,24,41H,10,12-14,16-17,19-21H2,1-2H3,(H,42,49)(H,44,50). The third-order valence-corrected chi connectivity index (χ3v) is 11.2. The van der Waals surface area contributed by atoms with Crippen LogP contribution in [0.5, 0.6) is 5.88 Å². The van der Waals surface area contributed by atoms with Crippen molar-refractivity contribution in [1.29, 1.82) is 0 Å². The maximum Gasteiger partial charge on any atom is 0.277 e. The Labute approximate surface area is 310 Å². The number of aromatic nitrogens is 4. The Balaban J connectivity index is 1.04. The van der Waals surface area contributed by atoms with Gasteiger partial charge in [0.25, 0.3) is 5.56 Å². The van der Waals surface area contributed by atoms with E-state index in [-0.39, 0.29) is 29.0 Å².